The Kier molecular flexibility index (Phi) is 5.65. The monoisotopic (exact) mass is 352 g/mol. The largest absolute Gasteiger partial charge is 0.309 e. The quantitative estimate of drug-likeness (QED) is 0.764. The number of rotatable bonds is 7. The van der Waals surface area contributed by atoms with Gasteiger partial charge in [-0.2, -0.15) is 0 Å². The number of nitrogens with one attached hydrogen (secondary N) is 1. The van der Waals surface area contributed by atoms with E-state index >= 15 is 0 Å². The number of alkyl halides is 1. The van der Waals surface area contributed by atoms with Crippen LogP contribution in [0.2, 0.25) is 0 Å². The number of halogens is 1. The molecule has 2 aromatic rings. The Bertz CT molecular complexity index is 637. The Morgan fingerprint density at radius 1 is 1.14 bits per heavy atom. The number of nitrogens with zero attached hydrogens (tertiary/aromatic N) is 3. The maximum atomic E-state index is 8.51. The molecule has 1 unspecified atom stereocenters. The Morgan fingerprint density at radius 2 is 1.71 bits per heavy atom. The maximum absolute atomic E-state index is 8.51. The standard InChI is InChI=1S/C16H25BrN4/c1-4-19(5-2)10-11-20-14-8-6-7-9-15(14)21(16(20)18)12-13(3)17/h6-9,13,18H,4-5,10-12H2,1-3H3. The van der Waals surface area contributed by atoms with E-state index in [-0.39, 0.29) is 0 Å². The van der Waals surface area contributed by atoms with Gasteiger partial charge in [-0.1, -0.05) is 48.8 Å². The van der Waals surface area contributed by atoms with E-state index in [4.69, 9.17) is 5.41 Å². The van der Waals surface area contributed by atoms with Gasteiger partial charge in [-0.15, -0.1) is 0 Å². The van der Waals surface area contributed by atoms with Crippen molar-refractivity contribution in [1.82, 2.24) is 14.0 Å². The number of hydrogen-bond acceptors (Lipinski definition) is 2. The van der Waals surface area contributed by atoms with Gasteiger partial charge in [0.25, 0.3) is 0 Å². The normalized spacial score (nSPS) is 13.2. The number of benzene rings is 1. The summed E-state index contributed by atoms with van der Waals surface area (Å²) in [5.74, 6) is 0. The molecular formula is C16H25BrN4. The summed E-state index contributed by atoms with van der Waals surface area (Å²) in [6.45, 7) is 11.3. The highest BCUT2D eigenvalue weighted by Gasteiger charge is 2.12. The average molecular weight is 353 g/mol. The summed E-state index contributed by atoms with van der Waals surface area (Å²) in [6, 6.07) is 8.32. The number of likely N-dealkylation sites (N-methyl/N-ethyl adjacent to an activating group) is 1. The lowest BCUT2D eigenvalue weighted by molar-refractivity contribution is 0.289. The van der Waals surface area contributed by atoms with Crippen molar-refractivity contribution >= 4 is 27.0 Å². The van der Waals surface area contributed by atoms with Gasteiger partial charge in [-0.25, -0.2) is 0 Å². The van der Waals surface area contributed by atoms with Crippen LogP contribution in [0.15, 0.2) is 24.3 Å². The first kappa shape index (κ1) is 16.3. The molecule has 0 aliphatic carbocycles. The molecule has 0 amide bonds. The molecule has 0 bridgehead atoms. The molecule has 1 aromatic heterocycles. The fraction of sp³-hybridized carbons (Fsp3) is 0.562. The van der Waals surface area contributed by atoms with E-state index in [1.54, 1.807) is 0 Å². The third-order valence-electron chi connectivity index (χ3n) is 3.94. The van der Waals surface area contributed by atoms with Gasteiger partial charge in [-0.05, 0) is 25.2 Å². The van der Waals surface area contributed by atoms with E-state index in [1.165, 1.54) is 0 Å². The van der Waals surface area contributed by atoms with Crippen molar-refractivity contribution < 1.29 is 0 Å². The van der Waals surface area contributed by atoms with E-state index in [0.29, 0.717) is 10.4 Å². The third kappa shape index (κ3) is 3.58. The summed E-state index contributed by atoms with van der Waals surface area (Å²) in [7, 11) is 0. The van der Waals surface area contributed by atoms with Gasteiger partial charge in [0, 0.05) is 24.5 Å². The summed E-state index contributed by atoms with van der Waals surface area (Å²) >= 11 is 3.60. The van der Waals surface area contributed by atoms with Crippen LogP contribution in [0.3, 0.4) is 0 Å². The Hall–Kier alpha value is -1.07. The van der Waals surface area contributed by atoms with E-state index in [9.17, 15) is 0 Å². The van der Waals surface area contributed by atoms with E-state index in [2.05, 4.69) is 68.9 Å². The molecule has 0 fully saturated rings. The van der Waals surface area contributed by atoms with E-state index in [1.807, 2.05) is 6.07 Å². The average Bonchev–Trinajstić information content (AvgIpc) is 2.73. The van der Waals surface area contributed by atoms with Crippen molar-refractivity contribution in [3.05, 3.63) is 29.9 Å². The summed E-state index contributed by atoms with van der Waals surface area (Å²) in [5.41, 5.74) is 2.89. The summed E-state index contributed by atoms with van der Waals surface area (Å²) in [6.07, 6.45) is 0. The highest BCUT2D eigenvalue weighted by Crippen LogP contribution is 2.14. The molecule has 5 heteroatoms. The van der Waals surface area contributed by atoms with Gasteiger partial charge in [0.2, 0.25) is 5.62 Å². The number of aromatic nitrogens is 2. The molecule has 1 aromatic carbocycles. The first-order valence-corrected chi connectivity index (χ1v) is 8.59. The fourth-order valence-electron chi connectivity index (χ4n) is 2.74. The van der Waals surface area contributed by atoms with Gasteiger partial charge >= 0.3 is 0 Å². The smallest absolute Gasteiger partial charge is 0.203 e. The molecule has 116 valence electrons. The van der Waals surface area contributed by atoms with Crippen LogP contribution in [0.4, 0.5) is 0 Å². The highest BCUT2D eigenvalue weighted by molar-refractivity contribution is 9.09. The molecule has 1 N–H and O–H groups in total. The van der Waals surface area contributed by atoms with Crippen molar-refractivity contribution in [2.24, 2.45) is 0 Å². The van der Waals surface area contributed by atoms with Crippen molar-refractivity contribution in [3.8, 4) is 0 Å². The van der Waals surface area contributed by atoms with Crippen LogP contribution in [-0.4, -0.2) is 38.5 Å². The molecular weight excluding hydrogens is 328 g/mol. The van der Waals surface area contributed by atoms with Gasteiger partial charge in [-0.3, -0.25) is 5.41 Å². The molecule has 0 saturated heterocycles. The Labute approximate surface area is 135 Å². The minimum absolute atomic E-state index is 0.355. The zero-order chi connectivity index (χ0) is 15.4. The van der Waals surface area contributed by atoms with Gasteiger partial charge in [0.05, 0.1) is 11.0 Å². The van der Waals surface area contributed by atoms with Gasteiger partial charge < -0.3 is 14.0 Å². The summed E-state index contributed by atoms with van der Waals surface area (Å²) in [5, 5.41) is 8.51. The van der Waals surface area contributed by atoms with Gasteiger partial charge in [0.1, 0.15) is 0 Å². The lowest BCUT2D eigenvalue weighted by atomic mass is 10.3. The second kappa shape index (κ2) is 7.27. The van der Waals surface area contributed by atoms with Crippen LogP contribution in [0.1, 0.15) is 20.8 Å². The molecule has 1 heterocycles. The van der Waals surface area contributed by atoms with Crippen molar-refractivity contribution in [2.75, 3.05) is 19.6 Å². The van der Waals surface area contributed by atoms with Crippen LogP contribution >= 0.6 is 15.9 Å². The zero-order valence-electron chi connectivity index (χ0n) is 13.1. The van der Waals surface area contributed by atoms with Crippen LogP contribution in [0.25, 0.3) is 11.0 Å². The van der Waals surface area contributed by atoms with Crippen molar-refractivity contribution in [1.29, 1.82) is 5.41 Å². The lowest BCUT2D eigenvalue weighted by Gasteiger charge is -2.18. The number of fused-ring (bicyclic) bond motifs is 1. The highest BCUT2D eigenvalue weighted by atomic mass is 79.9. The minimum Gasteiger partial charge on any atom is -0.309 e. The molecule has 4 nitrogen and oxygen atoms in total. The first-order valence-electron chi connectivity index (χ1n) is 7.67. The third-order valence-corrected chi connectivity index (χ3v) is 4.23. The van der Waals surface area contributed by atoms with Crippen molar-refractivity contribution in [2.45, 2.75) is 38.7 Å². The number of para-hydroxylation sites is 2. The number of hydrogen-bond donors (Lipinski definition) is 1. The molecule has 0 spiro atoms. The lowest BCUT2D eigenvalue weighted by Crippen LogP contribution is -2.32. The number of imidazole rings is 1. The fourth-order valence-corrected chi connectivity index (χ4v) is 3.03. The Morgan fingerprint density at radius 3 is 2.24 bits per heavy atom. The topological polar surface area (TPSA) is 37.0 Å². The molecule has 2 rings (SSSR count). The second-order valence-electron chi connectivity index (χ2n) is 5.38. The van der Waals surface area contributed by atoms with E-state index < -0.39 is 0 Å². The van der Waals surface area contributed by atoms with E-state index in [0.717, 1.165) is 43.8 Å². The predicted molar refractivity (Wildman–Crippen MR) is 92.0 cm³/mol. The first-order chi connectivity index (χ1) is 10.1. The summed E-state index contributed by atoms with van der Waals surface area (Å²) in [4.78, 5) is 2.75. The van der Waals surface area contributed by atoms with Crippen LogP contribution in [-0.2, 0) is 13.1 Å². The molecule has 0 aliphatic heterocycles. The molecule has 0 saturated carbocycles. The zero-order valence-corrected chi connectivity index (χ0v) is 14.7. The predicted octanol–water partition coefficient (Wildman–Crippen LogP) is 3.05. The van der Waals surface area contributed by atoms with Crippen LogP contribution in [0, 0.1) is 5.41 Å². The Balaban J connectivity index is 2.39. The SMILES string of the molecule is CCN(CC)CCn1c(=N)n(CC(C)Br)c2ccccc21. The molecule has 0 radical (unpaired) electrons. The van der Waals surface area contributed by atoms with Gasteiger partial charge in [0.15, 0.2) is 0 Å². The van der Waals surface area contributed by atoms with Crippen LogP contribution in [0.5, 0.6) is 0 Å². The molecule has 1 atom stereocenters. The van der Waals surface area contributed by atoms with Crippen LogP contribution < -0.4 is 5.62 Å². The second-order valence-corrected chi connectivity index (χ2v) is 6.95. The molecule has 21 heavy (non-hydrogen) atoms. The maximum Gasteiger partial charge on any atom is 0.203 e. The van der Waals surface area contributed by atoms with Crippen molar-refractivity contribution in [3.63, 3.8) is 0 Å². The summed E-state index contributed by atoms with van der Waals surface area (Å²) < 4.78 is 4.22. The molecule has 0 aliphatic rings. The minimum atomic E-state index is 0.355.